The summed E-state index contributed by atoms with van der Waals surface area (Å²) in [6.07, 6.45) is 7.93. The van der Waals surface area contributed by atoms with E-state index in [1.165, 1.54) is 10.5 Å². The smallest absolute Gasteiger partial charge is 0.244 e. The number of aliphatic hydroxyl groups is 1. The Hall–Kier alpha value is -0.980. The van der Waals surface area contributed by atoms with Crippen LogP contribution in [0.2, 0.25) is 0 Å². The van der Waals surface area contributed by atoms with Gasteiger partial charge in [-0.05, 0) is 25.0 Å². The maximum Gasteiger partial charge on any atom is 0.244 e. The van der Waals surface area contributed by atoms with E-state index >= 15 is 0 Å². The van der Waals surface area contributed by atoms with Crippen LogP contribution in [0.25, 0.3) is 0 Å². The summed E-state index contributed by atoms with van der Waals surface area (Å²) in [6, 6.07) is 3.17. The molecule has 0 spiro atoms. The zero-order valence-electron chi connectivity index (χ0n) is 10.9. The molecule has 19 heavy (non-hydrogen) atoms. The molecule has 1 saturated carbocycles. The van der Waals surface area contributed by atoms with Crippen molar-refractivity contribution in [3.05, 3.63) is 24.5 Å². The van der Waals surface area contributed by atoms with E-state index in [4.69, 9.17) is 5.11 Å². The normalized spacial score (nSPS) is 17.8. The Morgan fingerprint density at radius 1 is 1.32 bits per heavy atom. The second-order valence-electron chi connectivity index (χ2n) is 4.82. The third kappa shape index (κ3) is 3.32. The van der Waals surface area contributed by atoms with Crippen LogP contribution in [0.4, 0.5) is 0 Å². The molecule has 0 saturated heterocycles. The van der Waals surface area contributed by atoms with Crippen molar-refractivity contribution in [2.24, 2.45) is 0 Å². The summed E-state index contributed by atoms with van der Waals surface area (Å²) in [5, 5.41) is 9.16. The number of rotatable bonds is 5. The molecule has 5 nitrogen and oxygen atoms in total. The van der Waals surface area contributed by atoms with Crippen LogP contribution in [0.15, 0.2) is 29.4 Å². The highest BCUT2D eigenvalue weighted by molar-refractivity contribution is 7.89. The van der Waals surface area contributed by atoms with Crippen LogP contribution in [-0.2, 0) is 10.0 Å². The number of hydrogen-bond acceptors (Lipinski definition) is 4. The minimum Gasteiger partial charge on any atom is -0.395 e. The summed E-state index contributed by atoms with van der Waals surface area (Å²) in [4.78, 5) is 4.07. The highest BCUT2D eigenvalue weighted by atomic mass is 32.2. The molecule has 1 aromatic heterocycles. The van der Waals surface area contributed by atoms with Crippen LogP contribution in [0, 0.1) is 0 Å². The van der Waals surface area contributed by atoms with Gasteiger partial charge in [-0.3, -0.25) is 4.98 Å². The largest absolute Gasteiger partial charge is 0.395 e. The average Bonchev–Trinajstić information content (AvgIpc) is 2.46. The van der Waals surface area contributed by atoms with E-state index in [9.17, 15) is 8.42 Å². The third-order valence-electron chi connectivity index (χ3n) is 3.54. The van der Waals surface area contributed by atoms with E-state index < -0.39 is 10.0 Å². The van der Waals surface area contributed by atoms with Crippen molar-refractivity contribution in [1.82, 2.24) is 9.29 Å². The molecule has 0 bridgehead atoms. The molecule has 1 aliphatic carbocycles. The Morgan fingerprint density at radius 3 is 2.63 bits per heavy atom. The quantitative estimate of drug-likeness (QED) is 0.887. The van der Waals surface area contributed by atoms with Crippen molar-refractivity contribution in [2.75, 3.05) is 13.2 Å². The van der Waals surface area contributed by atoms with Gasteiger partial charge >= 0.3 is 0 Å². The molecule has 1 aromatic rings. The van der Waals surface area contributed by atoms with Crippen molar-refractivity contribution >= 4 is 10.0 Å². The van der Waals surface area contributed by atoms with Gasteiger partial charge in [-0.1, -0.05) is 19.3 Å². The van der Waals surface area contributed by atoms with Crippen molar-refractivity contribution in [2.45, 2.75) is 43.0 Å². The molecule has 6 heteroatoms. The molecular weight excluding hydrogens is 264 g/mol. The summed E-state index contributed by atoms with van der Waals surface area (Å²) in [7, 11) is -3.55. The SMILES string of the molecule is O=S(=O)(c1cccnc1)N(CCO)C1CCCCC1. The van der Waals surface area contributed by atoms with Crippen LogP contribution >= 0.6 is 0 Å². The van der Waals surface area contributed by atoms with Gasteiger partial charge < -0.3 is 5.11 Å². The minimum absolute atomic E-state index is 0.00565. The van der Waals surface area contributed by atoms with Crippen molar-refractivity contribution in [3.8, 4) is 0 Å². The molecule has 106 valence electrons. The molecule has 0 amide bonds. The molecule has 1 aliphatic rings. The van der Waals surface area contributed by atoms with E-state index in [1.54, 1.807) is 18.3 Å². The zero-order chi connectivity index (χ0) is 13.7. The van der Waals surface area contributed by atoms with Crippen LogP contribution in [0.1, 0.15) is 32.1 Å². The standard InChI is InChI=1S/C13H20N2O3S/c16-10-9-15(12-5-2-1-3-6-12)19(17,18)13-7-4-8-14-11-13/h4,7-8,11-12,16H,1-3,5-6,9-10H2. The highest BCUT2D eigenvalue weighted by Crippen LogP contribution is 2.27. The number of hydrogen-bond donors (Lipinski definition) is 1. The molecule has 2 rings (SSSR count). The van der Waals surface area contributed by atoms with Gasteiger partial charge in [0.2, 0.25) is 10.0 Å². The number of nitrogens with zero attached hydrogens (tertiary/aromatic N) is 2. The molecule has 0 atom stereocenters. The molecule has 0 radical (unpaired) electrons. The fourth-order valence-electron chi connectivity index (χ4n) is 2.60. The highest BCUT2D eigenvalue weighted by Gasteiger charge is 2.31. The van der Waals surface area contributed by atoms with Gasteiger partial charge in [-0.2, -0.15) is 4.31 Å². The third-order valence-corrected chi connectivity index (χ3v) is 5.48. The van der Waals surface area contributed by atoms with E-state index in [1.807, 2.05) is 0 Å². The maximum atomic E-state index is 12.6. The lowest BCUT2D eigenvalue weighted by Crippen LogP contribution is -2.43. The van der Waals surface area contributed by atoms with Crippen molar-refractivity contribution in [3.63, 3.8) is 0 Å². The van der Waals surface area contributed by atoms with E-state index in [2.05, 4.69) is 4.98 Å². The van der Waals surface area contributed by atoms with Crippen molar-refractivity contribution in [1.29, 1.82) is 0 Å². The Morgan fingerprint density at radius 2 is 2.05 bits per heavy atom. The Kier molecular flexibility index (Phi) is 4.90. The van der Waals surface area contributed by atoms with Crippen LogP contribution in [0.5, 0.6) is 0 Å². The molecule has 0 unspecified atom stereocenters. The van der Waals surface area contributed by atoms with Crippen LogP contribution < -0.4 is 0 Å². The van der Waals surface area contributed by atoms with Gasteiger partial charge in [-0.15, -0.1) is 0 Å². The fraction of sp³-hybridized carbons (Fsp3) is 0.615. The molecule has 1 fully saturated rings. The van der Waals surface area contributed by atoms with Crippen LogP contribution in [0.3, 0.4) is 0 Å². The van der Waals surface area contributed by atoms with Crippen molar-refractivity contribution < 1.29 is 13.5 Å². The predicted molar refractivity (Wildman–Crippen MR) is 72.1 cm³/mol. The lowest BCUT2D eigenvalue weighted by molar-refractivity contribution is 0.199. The molecule has 0 aromatic carbocycles. The van der Waals surface area contributed by atoms with E-state index in [-0.39, 0.29) is 24.1 Å². The second-order valence-corrected chi connectivity index (χ2v) is 6.71. The Bertz CT molecular complexity index is 484. The Balaban J connectivity index is 2.27. The first-order chi connectivity index (χ1) is 9.16. The minimum atomic E-state index is -3.55. The molecule has 1 heterocycles. The summed E-state index contributed by atoms with van der Waals surface area (Å²) in [5.41, 5.74) is 0. The topological polar surface area (TPSA) is 70.5 Å². The van der Waals surface area contributed by atoms with Crippen LogP contribution in [-0.4, -0.2) is 42.0 Å². The zero-order valence-corrected chi connectivity index (χ0v) is 11.7. The van der Waals surface area contributed by atoms with Gasteiger partial charge in [-0.25, -0.2) is 8.42 Å². The predicted octanol–water partition coefficient (Wildman–Crippen LogP) is 1.40. The fourth-order valence-corrected chi connectivity index (χ4v) is 4.24. The number of sulfonamides is 1. The van der Waals surface area contributed by atoms with Gasteiger partial charge in [0, 0.05) is 25.0 Å². The summed E-state index contributed by atoms with van der Waals surface area (Å²) in [5.74, 6) is 0. The first-order valence-corrected chi connectivity index (χ1v) is 8.13. The average molecular weight is 284 g/mol. The first kappa shape index (κ1) is 14.4. The van der Waals surface area contributed by atoms with E-state index in [0.29, 0.717) is 0 Å². The van der Waals surface area contributed by atoms with Gasteiger partial charge in [0.25, 0.3) is 0 Å². The lowest BCUT2D eigenvalue weighted by Gasteiger charge is -2.32. The number of pyridine rings is 1. The monoisotopic (exact) mass is 284 g/mol. The summed E-state index contributed by atoms with van der Waals surface area (Å²) in [6.45, 7) is -0.00210. The molecular formula is C13H20N2O3S. The lowest BCUT2D eigenvalue weighted by atomic mass is 9.95. The summed E-state index contributed by atoms with van der Waals surface area (Å²) < 4.78 is 26.6. The maximum absolute atomic E-state index is 12.6. The van der Waals surface area contributed by atoms with E-state index in [0.717, 1.165) is 32.1 Å². The Labute approximate surface area is 114 Å². The first-order valence-electron chi connectivity index (χ1n) is 6.69. The molecule has 0 aliphatic heterocycles. The number of aromatic nitrogens is 1. The van der Waals surface area contributed by atoms with Gasteiger partial charge in [0.05, 0.1) is 6.61 Å². The second kappa shape index (κ2) is 6.45. The number of aliphatic hydroxyl groups excluding tert-OH is 1. The molecule has 1 N–H and O–H groups in total. The van der Waals surface area contributed by atoms with Gasteiger partial charge in [0.1, 0.15) is 4.90 Å². The summed E-state index contributed by atoms with van der Waals surface area (Å²) >= 11 is 0. The van der Waals surface area contributed by atoms with Gasteiger partial charge in [0.15, 0.2) is 0 Å².